The summed E-state index contributed by atoms with van der Waals surface area (Å²) in [5.41, 5.74) is 0.712. The molecule has 0 fully saturated rings. The molecule has 1 aromatic heterocycles. The topological polar surface area (TPSA) is 110 Å². The molecule has 0 bridgehead atoms. The lowest BCUT2D eigenvalue weighted by Crippen LogP contribution is -2.27. The van der Waals surface area contributed by atoms with Gasteiger partial charge in [0.2, 0.25) is 15.9 Å². The molecule has 1 heterocycles. The number of nitrogens with zero attached hydrogens (tertiary/aromatic N) is 2. The van der Waals surface area contributed by atoms with Crippen LogP contribution in [0.2, 0.25) is 0 Å². The van der Waals surface area contributed by atoms with Crippen LogP contribution in [-0.2, 0) is 28.4 Å². The van der Waals surface area contributed by atoms with Crippen LogP contribution in [0.5, 0.6) is 0 Å². The van der Waals surface area contributed by atoms with Crippen LogP contribution in [0.15, 0.2) is 58.2 Å². The van der Waals surface area contributed by atoms with E-state index in [1.54, 1.807) is 24.3 Å². The summed E-state index contributed by atoms with van der Waals surface area (Å²) in [5.74, 6) is -0.239. The van der Waals surface area contributed by atoms with Crippen molar-refractivity contribution in [3.8, 4) is 0 Å². The molecule has 0 spiro atoms. The van der Waals surface area contributed by atoms with Crippen LogP contribution >= 0.6 is 0 Å². The van der Waals surface area contributed by atoms with Gasteiger partial charge in [-0.3, -0.25) is 9.59 Å². The molecule has 0 aliphatic heterocycles. The normalized spacial score (nSPS) is 11.5. The molecule has 2 aromatic carbocycles. The second kappa shape index (κ2) is 7.29. The molecule has 0 atom stereocenters. The summed E-state index contributed by atoms with van der Waals surface area (Å²) in [5, 5.41) is 7.83. The van der Waals surface area contributed by atoms with E-state index in [1.807, 2.05) is 0 Å². The zero-order valence-corrected chi connectivity index (χ0v) is 15.6. The highest BCUT2D eigenvalue weighted by molar-refractivity contribution is 7.89. The number of carbonyl (C=O) groups is 1. The van der Waals surface area contributed by atoms with Crippen LogP contribution in [0.4, 0.5) is 5.69 Å². The molecule has 27 heavy (non-hydrogen) atoms. The van der Waals surface area contributed by atoms with Gasteiger partial charge in [0, 0.05) is 25.0 Å². The smallest absolute Gasteiger partial charge is 0.274 e. The van der Waals surface area contributed by atoms with Gasteiger partial charge in [-0.1, -0.05) is 18.2 Å². The van der Waals surface area contributed by atoms with Gasteiger partial charge in [-0.15, -0.1) is 0 Å². The number of hydrogen-bond donors (Lipinski definition) is 2. The molecule has 9 heteroatoms. The summed E-state index contributed by atoms with van der Waals surface area (Å²) < 4.78 is 28.8. The highest BCUT2D eigenvalue weighted by Gasteiger charge is 2.16. The Morgan fingerprint density at radius 1 is 1.07 bits per heavy atom. The van der Waals surface area contributed by atoms with E-state index in [4.69, 9.17) is 0 Å². The minimum absolute atomic E-state index is 0.0609. The molecule has 0 radical (unpaired) electrons. The molecule has 0 unspecified atom stereocenters. The minimum Gasteiger partial charge on any atom is -0.326 e. The first-order valence-corrected chi connectivity index (χ1v) is 9.58. The summed E-state index contributed by atoms with van der Waals surface area (Å²) in [6.45, 7) is 1.31. The van der Waals surface area contributed by atoms with E-state index in [1.165, 1.54) is 42.9 Å². The predicted molar refractivity (Wildman–Crippen MR) is 102 cm³/mol. The molecule has 0 saturated carbocycles. The van der Waals surface area contributed by atoms with Gasteiger partial charge in [0.25, 0.3) is 5.56 Å². The number of benzene rings is 2. The fraction of sp³-hybridized carbons (Fsp3) is 0.167. The molecule has 0 saturated heterocycles. The van der Waals surface area contributed by atoms with Gasteiger partial charge in [-0.2, -0.15) is 5.10 Å². The second-order valence-electron chi connectivity index (χ2n) is 5.95. The third-order valence-electron chi connectivity index (χ3n) is 3.95. The third-order valence-corrected chi connectivity index (χ3v) is 5.36. The number of anilines is 1. The average Bonchev–Trinajstić information content (AvgIpc) is 2.63. The Kier molecular flexibility index (Phi) is 5.06. The fourth-order valence-electron chi connectivity index (χ4n) is 2.67. The Labute approximate surface area is 155 Å². The maximum Gasteiger partial charge on any atom is 0.274 e. The summed E-state index contributed by atoms with van der Waals surface area (Å²) in [6, 6.07) is 12.7. The fourth-order valence-corrected chi connectivity index (χ4v) is 3.66. The van der Waals surface area contributed by atoms with E-state index >= 15 is 0 Å². The van der Waals surface area contributed by atoms with Gasteiger partial charge < -0.3 is 5.32 Å². The first-order chi connectivity index (χ1) is 12.8. The number of carbonyl (C=O) groups excluding carboxylic acids is 1. The maximum absolute atomic E-state index is 12.5. The Hall–Kier alpha value is -3.04. The van der Waals surface area contributed by atoms with Crippen LogP contribution in [0.25, 0.3) is 10.8 Å². The molecule has 1 amide bonds. The number of aromatic nitrogens is 2. The maximum atomic E-state index is 12.5. The second-order valence-corrected chi connectivity index (χ2v) is 7.72. The number of rotatable bonds is 5. The summed E-state index contributed by atoms with van der Waals surface area (Å²) in [6.07, 6.45) is 0. The number of amides is 1. The van der Waals surface area contributed by atoms with Crippen LogP contribution < -0.4 is 15.6 Å². The molecule has 2 N–H and O–H groups in total. The van der Waals surface area contributed by atoms with E-state index in [2.05, 4.69) is 15.1 Å². The summed E-state index contributed by atoms with van der Waals surface area (Å²) in [4.78, 5) is 23.2. The molecular weight excluding hydrogens is 368 g/mol. The van der Waals surface area contributed by atoms with Crippen molar-refractivity contribution in [3.05, 3.63) is 64.6 Å². The number of aryl methyl sites for hydroxylation is 1. The molecule has 8 nitrogen and oxygen atoms in total. The van der Waals surface area contributed by atoms with Gasteiger partial charge >= 0.3 is 0 Å². The van der Waals surface area contributed by atoms with Crippen molar-refractivity contribution in [2.24, 2.45) is 7.05 Å². The highest BCUT2D eigenvalue weighted by atomic mass is 32.2. The van der Waals surface area contributed by atoms with Crippen molar-refractivity contribution >= 4 is 32.4 Å². The molecule has 140 valence electrons. The molecular formula is C18H18N4O4S. The zero-order valence-electron chi connectivity index (χ0n) is 14.8. The largest absolute Gasteiger partial charge is 0.326 e. The van der Waals surface area contributed by atoms with Crippen molar-refractivity contribution in [3.63, 3.8) is 0 Å². The lowest BCUT2D eigenvalue weighted by Gasteiger charge is -2.10. The van der Waals surface area contributed by atoms with Crippen molar-refractivity contribution in [2.75, 3.05) is 5.32 Å². The highest BCUT2D eigenvalue weighted by Crippen LogP contribution is 2.16. The quantitative estimate of drug-likeness (QED) is 0.688. The Balaban J connectivity index is 1.86. The standard InChI is InChI=1S/C18H18N4O4S/c1-12(23)20-13-7-9-14(10-8-13)27(25,26)19-11-17-15-5-3-4-6-16(15)18(24)22(2)21-17/h3-10,19H,11H2,1-2H3,(H,20,23). The van der Waals surface area contributed by atoms with E-state index in [-0.39, 0.29) is 22.9 Å². The van der Waals surface area contributed by atoms with Gasteiger partial charge in [-0.05, 0) is 30.3 Å². The van der Waals surface area contributed by atoms with Crippen LogP contribution in [0, 0.1) is 0 Å². The first kappa shape index (κ1) is 18.7. The van der Waals surface area contributed by atoms with Crippen molar-refractivity contribution < 1.29 is 13.2 Å². The Morgan fingerprint density at radius 3 is 2.33 bits per heavy atom. The Bertz CT molecular complexity index is 1170. The minimum atomic E-state index is -3.79. The first-order valence-electron chi connectivity index (χ1n) is 8.10. The van der Waals surface area contributed by atoms with Gasteiger partial charge in [0.15, 0.2) is 0 Å². The van der Waals surface area contributed by atoms with Crippen LogP contribution in [-0.4, -0.2) is 24.1 Å². The van der Waals surface area contributed by atoms with Gasteiger partial charge in [0.05, 0.1) is 22.5 Å². The monoisotopic (exact) mass is 386 g/mol. The zero-order chi connectivity index (χ0) is 19.6. The summed E-state index contributed by atoms with van der Waals surface area (Å²) >= 11 is 0. The molecule has 3 aromatic rings. The van der Waals surface area contributed by atoms with Crippen LogP contribution in [0.1, 0.15) is 12.6 Å². The lowest BCUT2D eigenvalue weighted by molar-refractivity contribution is -0.114. The van der Waals surface area contributed by atoms with Crippen molar-refractivity contribution in [1.82, 2.24) is 14.5 Å². The SMILES string of the molecule is CC(=O)Nc1ccc(S(=O)(=O)NCc2nn(C)c(=O)c3ccccc23)cc1. The Morgan fingerprint density at radius 2 is 1.70 bits per heavy atom. The number of nitrogens with one attached hydrogen (secondary N) is 2. The van der Waals surface area contributed by atoms with E-state index in [9.17, 15) is 18.0 Å². The van der Waals surface area contributed by atoms with Gasteiger partial charge in [0.1, 0.15) is 0 Å². The van der Waals surface area contributed by atoms with Crippen molar-refractivity contribution in [2.45, 2.75) is 18.4 Å². The lowest BCUT2D eigenvalue weighted by atomic mass is 10.1. The predicted octanol–water partition coefficient (Wildman–Crippen LogP) is 1.37. The van der Waals surface area contributed by atoms with E-state index < -0.39 is 10.0 Å². The summed E-state index contributed by atoms with van der Waals surface area (Å²) in [7, 11) is -2.26. The average molecular weight is 386 g/mol. The number of hydrogen-bond acceptors (Lipinski definition) is 5. The molecule has 3 rings (SSSR count). The molecule has 0 aliphatic rings. The number of sulfonamides is 1. The van der Waals surface area contributed by atoms with E-state index in [0.717, 1.165) is 0 Å². The van der Waals surface area contributed by atoms with Crippen molar-refractivity contribution in [1.29, 1.82) is 0 Å². The van der Waals surface area contributed by atoms with Gasteiger partial charge in [-0.25, -0.2) is 17.8 Å². The van der Waals surface area contributed by atoms with Crippen LogP contribution in [0.3, 0.4) is 0 Å². The third kappa shape index (κ3) is 4.04. The van der Waals surface area contributed by atoms with E-state index in [0.29, 0.717) is 22.2 Å². The number of fused-ring (bicyclic) bond motifs is 1. The molecule has 0 aliphatic carbocycles.